The molecule has 1 aromatic heterocycles. The number of aryl methyl sites for hydroxylation is 1. The minimum atomic E-state index is 0. The van der Waals surface area contributed by atoms with Gasteiger partial charge in [-0.1, -0.05) is 60.3 Å². The van der Waals surface area contributed by atoms with Crippen LogP contribution in [0.4, 0.5) is 0 Å². The van der Waals surface area contributed by atoms with Crippen LogP contribution >= 0.6 is 11.8 Å². The zero-order valence-electron chi connectivity index (χ0n) is 15.2. The maximum atomic E-state index is 5.99. The second-order valence-corrected chi connectivity index (χ2v) is 6.91. The first-order valence-electron chi connectivity index (χ1n) is 8.63. The lowest BCUT2D eigenvalue weighted by Gasteiger charge is -2.12. The third-order valence-electron chi connectivity index (χ3n) is 3.84. The standard InChI is InChI=1S/C19H23N5OS.ClH/c1-24-19(21-22-23-24)26-13-7-12-20-14-17-10-5-6-11-18(17)25-15-16-8-3-2-4-9-16;/h2-6,8-11,20H,7,12-15H2,1H3;1H/p-1. The molecule has 0 fully saturated rings. The summed E-state index contributed by atoms with van der Waals surface area (Å²) in [6.07, 6.45) is 1.05. The summed E-state index contributed by atoms with van der Waals surface area (Å²) in [4.78, 5) is 0. The smallest absolute Gasteiger partial charge is 0.209 e. The number of nitrogens with one attached hydrogen (secondary N) is 1. The van der Waals surface area contributed by atoms with Crippen molar-refractivity contribution < 1.29 is 17.1 Å². The van der Waals surface area contributed by atoms with Crippen LogP contribution in [-0.4, -0.2) is 32.5 Å². The minimum absolute atomic E-state index is 0. The average molecular weight is 405 g/mol. The SMILES string of the molecule is Cn1nnnc1SCCCNCc1ccccc1OCc1ccccc1.[Cl-]. The Labute approximate surface area is 170 Å². The number of hydrogen-bond donors (Lipinski definition) is 1. The lowest BCUT2D eigenvalue weighted by molar-refractivity contribution is -0.00000583. The number of rotatable bonds is 10. The predicted molar refractivity (Wildman–Crippen MR) is 103 cm³/mol. The minimum Gasteiger partial charge on any atom is -1.00 e. The van der Waals surface area contributed by atoms with Gasteiger partial charge in [-0.25, -0.2) is 4.68 Å². The van der Waals surface area contributed by atoms with Gasteiger partial charge in [-0.3, -0.25) is 0 Å². The van der Waals surface area contributed by atoms with Gasteiger partial charge in [0.15, 0.2) is 0 Å². The molecule has 0 bridgehead atoms. The Balaban J connectivity index is 0.00000261. The van der Waals surface area contributed by atoms with Crippen molar-refractivity contribution in [3.63, 3.8) is 0 Å². The van der Waals surface area contributed by atoms with Gasteiger partial charge in [0.25, 0.3) is 0 Å². The van der Waals surface area contributed by atoms with Crippen LogP contribution in [0.2, 0.25) is 0 Å². The molecule has 2 aromatic carbocycles. The van der Waals surface area contributed by atoms with Crippen molar-refractivity contribution in [2.45, 2.75) is 24.7 Å². The number of aromatic nitrogens is 4. The quantitative estimate of drug-likeness (QED) is 0.381. The average Bonchev–Trinajstić information content (AvgIpc) is 3.09. The Morgan fingerprint density at radius 1 is 1.07 bits per heavy atom. The molecule has 0 aliphatic carbocycles. The van der Waals surface area contributed by atoms with E-state index in [4.69, 9.17) is 4.74 Å². The molecule has 0 spiro atoms. The van der Waals surface area contributed by atoms with E-state index in [-0.39, 0.29) is 12.4 Å². The van der Waals surface area contributed by atoms with Crippen LogP contribution in [0.5, 0.6) is 5.75 Å². The lowest BCUT2D eigenvalue weighted by atomic mass is 10.2. The van der Waals surface area contributed by atoms with Gasteiger partial charge in [0.1, 0.15) is 12.4 Å². The number of nitrogens with zero attached hydrogens (tertiary/aromatic N) is 4. The summed E-state index contributed by atoms with van der Waals surface area (Å²) in [6, 6.07) is 18.4. The molecule has 0 saturated heterocycles. The van der Waals surface area contributed by atoms with Crippen molar-refractivity contribution in [2.75, 3.05) is 12.3 Å². The summed E-state index contributed by atoms with van der Waals surface area (Å²) >= 11 is 1.67. The number of halogens is 1. The predicted octanol–water partition coefficient (Wildman–Crippen LogP) is 0.0651. The first-order chi connectivity index (χ1) is 12.8. The highest BCUT2D eigenvalue weighted by atomic mass is 35.5. The van der Waals surface area contributed by atoms with Crippen LogP contribution in [-0.2, 0) is 20.2 Å². The van der Waals surface area contributed by atoms with E-state index in [9.17, 15) is 0 Å². The van der Waals surface area contributed by atoms with Crippen LogP contribution in [0.25, 0.3) is 0 Å². The van der Waals surface area contributed by atoms with Crippen LogP contribution in [0.1, 0.15) is 17.5 Å². The number of hydrogen-bond acceptors (Lipinski definition) is 6. The van der Waals surface area contributed by atoms with E-state index < -0.39 is 0 Å². The topological polar surface area (TPSA) is 64.9 Å². The number of tetrazole rings is 1. The highest BCUT2D eigenvalue weighted by Gasteiger charge is 2.04. The summed E-state index contributed by atoms with van der Waals surface area (Å²) in [7, 11) is 1.85. The zero-order chi connectivity index (χ0) is 18.0. The van der Waals surface area contributed by atoms with Gasteiger partial charge < -0.3 is 22.5 Å². The number of thioether (sulfide) groups is 1. The largest absolute Gasteiger partial charge is 1.00 e. The molecular weight excluding hydrogens is 382 g/mol. The van der Waals surface area contributed by atoms with E-state index in [1.165, 1.54) is 11.1 Å². The van der Waals surface area contributed by atoms with E-state index in [2.05, 4.69) is 39.0 Å². The molecule has 0 atom stereocenters. The Morgan fingerprint density at radius 2 is 1.85 bits per heavy atom. The Hall–Kier alpha value is -2.09. The fourth-order valence-corrected chi connectivity index (χ4v) is 3.24. The summed E-state index contributed by atoms with van der Waals surface area (Å²) in [6.45, 7) is 2.31. The summed E-state index contributed by atoms with van der Waals surface area (Å²) in [5, 5.41) is 15.8. The highest BCUT2D eigenvalue weighted by Crippen LogP contribution is 2.19. The van der Waals surface area contributed by atoms with E-state index in [1.54, 1.807) is 16.4 Å². The van der Waals surface area contributed by atoms with Gasteiger partial charge in [-0.05, 0) is 35.0 Å². The van der Waals surface area contributed by atoms with E-state index >= 15 is 0 Å². The number of benzene rings is 2. The van der Waals surface area contributed by atoms with E-state index in [1.807, 2.05) is 43.4 Å². The number of ether oxygens (including phenoxy) is 1. The van der Waals surface area contributed by atoms with Crippen molar-refractivity contribution in [2.24, 2.45) is 7.05 Å². The maximum absolute atomic E-state index is 5.99. The Kier molecular flexibility index (Phi) is 9.10. The van der Waals surface area contributed by atoms with Gasteiger partial charge in [-0.15, -0.1) is 5.10 Å². The summed E-state index contributed by atoms with van der Waals surface area (Å²) in [5.41, 5.74) is 2.35. The molecule has 8 heteroatoms. The van der Waals surface area contributed by atoms with Crippen LogP contribution in [0.15, 0.2) is 59.8 Å². The second-order valence-electron chi connectivity index (χ2n) is 5.85. The van der Waals surface area contributed by atoms with Crippen LogP contribution in [0.3, 0.4) is 0 Å². The van der Waals surface area contributed by atoms with Crippen molar-refractivity contribution >= 4 is 11.8 Å². The van der Waals surface area contributed by atoms with Crippen molar-refractivity contribution in [1.82, 2.24) is 25.5 Å². The monoisotopic (exact) mass is 404 g/mol. The first-order valence-corrected chi connectivity index (χ1v) is 9.62. The zero-order valence-corrected chi connectivity index (χ0v) is 16.8. The van der Waals surface area contributed by atoms with Gasteiger partial charge in [0.05, 0.1) is 0 Å². The molecule has 0 radical (unpaired) electrons. The van der Waals surface area contributed by atoms with Gasteiger partial charge in [-0.2, -0.15) is 0 Å². The molecule has 0 aliphatic rings. The normalized spacial score (nSPS) is 10.4. The Bertz CT molecular complexity index is 800. The molecule has 3 aromatic rings. The molecule has 1 heterocycles. The molecule has 6 nitrogen and oxygen atoms in total. The molecule has 0 unspecified atom stereocenters. The van der Waals surface area contributed by atoms with E-state index in [0.29, 0.717) is 6.61 Å². The van der Waals surface area contributed by atoms with Crippen molar-refractivity contribution in [1.29, 1.82) is 0 Å². The van der Waals surface area contributed by atoms with Crippen LogP contribution in [0, 0.1) is 0 Å². The molecule has 3 rings (SSSR count). The molecule has 0 aliphatic heterocycles. The summed E-state index contributed by atoms with van der Waals surface area (Å²) in [5.74, 6) is 1.91. The molecule has 1 N–H and O–H groups in total. The highest BCUT2D eigenvalue weighted by molar-refractivity contribution is 7.99. The number of para-hydroxylation sites is 1. The van der Waals surface area contributed by atoms with Gasteiger partial charge >= 0.3 is 0 Å². The molecular formula is C19H23ClN5OS-. The third kappa shape index (κ3) is 6.86. The fraction of sp³-hybridized carbons (Fsp3) is 0.316. The van der Waals surface area contributed by atoms with Gasteiger partial charge in [0.2, 0.25) is 5.16 Å². The fourth-order valence-electron chi connectivity index (χ4n) is 2.45. The second kappa shape index (κ2) is 11.6. The first kappa shape index (κ1) is 21.2. The molecule has 0 saturated carbocycles. The maximum Gasteiger partial charge on any atom is 0.209 e. The molecule has 0 amide bonds. The van der Waals surface area contributed by atoms with E-state index in [0.717, 1.165) is 36.2 Å². The molecule has 144 valence electrons. The lowest BCUT2D eigenvalue weighted by Crippen LogP contribution is -3.00. The van der Waals surface area contributed by atoms with Crippen molar-refractivity contribution in [3.8, 4) is 5.75 Å². The molecule has 27 heavy (non-hydrogen) atoms. The van der Waals surface area contributed by atoms with Crippen molar-refractivity contribution in [3.05, 3.63) is 65.7 Å². The Morgan fingerprint density at radius 3 is 2.63 bits per heavy atom. The van der Waals surface area contributed by atoms with Crippen LogP contribution < -0.4 is 22.5 Å². The third-order valence-corrected chi connectivity index (χ3v) is 4.93. The summed E-state index contributed by atoms with van der Waals surface area (Å²) < 4.78 is 7.69. The van der Waals surface area contributed by atoms with Gasteiger partial charge in [0, 0.05) is 24.9 Å².